The van der Waals surface area contributed by atoms with E-state index in [1.54, 1.807) is 24.9 Å². The lowest BCUT2D eigenvalue weighted by Gasteiger charge is -2.31. The van der Waals surface area contributed by atoms with Crippen LogP contribution in [-0.4, -0.2) is 75.5 Å². The highest BCUT2D eigenvalue weighted by Gasteiger charge is 2.29. The van der Waals surface area contributed by atoms with Crippen LogP contribution < -0.4 is 0 Å². The average molecular weight is 439 g/mol. The first-order chi connectivity index (χ1) is 14.3. The molecule has 0 radical (unpaired) electrons. The molecule has 30 heavy (non-hydrogen) atoms. The summed E-state index contributed by atoms with van der Waals surface area (Å²) in [6.07, 6.45) is 5.34. The number of morpholine rings is 1. The fraction of sp³-hybridized carbons (Fsp3) is 0.619. The molecule has 0 unspecified atom stereocenters. The first-order valence-corrected chi connectivity index (χ1v) is 11.9. The van der Waals surface area contributed by atoms with Crippen molar-refractivity contribution >= 4 is 21.9 Å². The van der Waals surface area contributed by atoms with E-state index in [1.165, 1.54) is 22.9 Å². The van der Waals surface area contributed by atoms with Gasteiger partial charge in [0, 0.05) is 26.2 Å². The minimum atomic E-state index is -3.74. The van der Waals surface area contributed by atoms with Crippen LogP contribution in [0.4, 0.5) is 0 Å². The molecule has 0 aromatic heterocycles. The predicted molar refractivity (Wildman–Crippen MR) is 111 cm³/mol. The molecule has 0 spiro atoms. The summed E-state index contributed by atoms with van der Waals surface area (Å²) in [5.41, 5.74) is 0.659. The van der Waals surface area contributed by atoms with Crippen molar-refractivity contribution in [1.82, 2.24) is 9.21 Å². The molecular formula is C21H30N2O6S. The third kappa shape index (κ3) is 5.19. The number of aryl methyl sites for hydroxylation is 1. The zero-order valence-electron chi connectivity index (χ0n) is 17.6. The highest BCUT2D eigenvalue weighted by atomic mass is 32.2. The van der Waals surface area contributed by atoms with Crippen LogP contribution in [0.2, 0.25) is 0 Å². The number of carbonyl (C=O) groups excluding carboxylic acids is 2. The lowest BCUT2D eigenvalue weighted by molar-refractivity contribution is -0.135. The van der Waals surface area contributed by atoms with Gasteiger partial charge in [-0.25, -0.2) is 13.2 Å². The van der Waals surface area contributed by atoms with Crippen LogP contribution in [0.3, 0.4) is 0 Å². The average Bonchev–Trinajstić information content (AvgIpc) is 2.78. The quantitative estimate of drug-likeness (QED) is 0.631. The summed E-state index contributed by atoms with van der Waals surface area (Å²) in [6.45, 7) is 2.57. The summed E-state index contributed by atoms with van der Waals surface area (Å²) < 4.78 is 37.7. The van der Waals surface area contributed by atoms with Crippen LogP contribution >= 0.6 is 0 Å². The van der Waals surface area contributed by atoms with Gasteiger partial charge in [-0.05, 0) is 37.5 Å². The molecular weight excluding hydrogens is 408 g/mol. The van der Waals surface area contributed by atoms with Crippen molar-refractivity contribution in [2.45, 2.75) is 50.0 Å². The summed E-state index contributed by atoms with van der Waals surface area (Å²) in [5, 5.41) is 0. The second kappa shape index (κ2) is 9.89. The number of amides is 1. The number of carbonyl (C=O) groups is 2. The molecule has 2 fully saturated rings. The number of hydrogen-bond donors (Lipinski definition) is 0. The van der Waals surface area contributed by atoms with Crippen LogP contribution in [0.15, 0.2) is 23.1 Å². The van der Waals surface area contributed by atoms with Crippen LogP contribution in [0.5, 0.6) is 0 Å². The Morgan fingerprint density at radius 1 is 1.17 bits per heavy atom. The molecule has 166 valence electrons. The fourth-order valence-electron chi connectivity index (χ4n) is 3.92. The minimum absolute atomic E-state index is 0.0736. The van der Waals surface area contributed by atoms with Gasteiger partial charge in [0.1, 0.15) is 0 Å². The van der Waals surface area contributed by atoms with E-state index in [0.29, 0.717) is 18.8 Å². The first-order valence-electron chi connectivity index (χ1n) is 10.4. The number of esters is 1. The standard InChI is InChI=1S/C21H30N2O6S/c1-16-8-9-17(14-19(16)30(26,27)23-10-12-28-13-11-23)21(25)29-15-20(24)22(2)18-6-4-3-5-7-18/h8-9,14,18H,3-7,10-13,15H2,1-2H3. The zero-order valence-corrected chi connectivity index (χ0v) is 18.4. The Morgan fingerprint density at radius 2 is 1.83 bits per heavy atom. The van der Waals surface area contributed by atoms with E-state index < -0.39 is 16.0 Å². The lowest BCUT2D eigenvalue weighted by Crippen LogP contribution is -2.41. The number of rotatable bonds is 6. The molecule has 1 aromatic carbocycles. The van der Waals surface area contributed by atoms with Gasteiger partial charge in [-0.15, -0.1) is 0 Å². The Balaban J connectivity index is 1.66. The van der Waals surface area contributed by atoms with E-state index in [4.69, 9.17) is 9.47 Å². The van der Waals surface area contributed by atoms with E-state index in [2.05, 4.69) is 0 Å². The minimum Gasteiger partial charge on any atom is -0.452 e. The van der Waals surface area contributed by atoms with Gasteiger partial charge in [0.25, 0.3) is 5.91 Å². The third-order valence-corrected chi connectivity index (χ3v) is 7.89. The van der Waals surface area contributed by atoms with E-state index >= 15 is 0 Å². The summed E-state index contributed by atoms with van der Waals surface area (Å²) in [6, 6.07) is 4.62. The maximum Gasteiger partial charge on any atom is 0.338 e. The molecule has 2 aliphatic rings. The molecule has 1 aliphatic carbocycles. The van der Waals surface area contributed by atoms with Gasteiger partial charge in [-0.1, -0.05) is 25.3 Å². The van der Waals surface area contributed by atoms with Crippen LogP contribution in [0, 0.1) is 6.92 Å². The van der Waals surface area contributed by atoms with Crippen molar-refractivity contribution in [2.75, 3.05) is 40.0 Å². The zero-order chi connectivity index (χ0) is 21.7. The molecule has 1 heterocycles. The molecule has 1 amide bonds. The Hall–Kier alpha value is -1.97. The number of hydrogen-bond acceptors (Lipinski definition) is 6. The van der Waals surface area contributed by atoms with Crippen molar-refractivity contribution in [3.63, 3.8) is 0 Å². The molecule has 8 nitrogen and oxygen atoms in total. The SMILES string of the molecule is Cc1ccc(C(=O)OCC(=O)N(C)C2CCCCC2)cc1S(=O)(=O)N1CCOCC1. The number of benzene rings is 1. The molecule has 9 heteroatoms. The molecule has 0 N–H and O–H groups in total. The maximum atomic E-state index is 13.0. The van der Waals surface area contributed by atoms with Gasteiger partial charge in [0.2, 0.25) is 10.0 Å². The van der Waals surface area contributed by atoms with Crippen LogP contribution in [0.25, 0.3) is 0 Å². The maximum absolute atomic E-state index is 13.0. The van der Waals surface area contributed by atoms with Gasteiger partial charge in [0.15, 0.2) is 6.61 Å². The highest BCUT2D eigenvalue weighted by molar-refractivity contribution is 7.89. The van der Waals surface area contributed by atoms with E-state index in [-0.39, 0.29) is 42.1 Å². The highest BCUT2D eigenvalue weighted by Crippen LogP contribution is 2.23. The van der Waals surface area contributed by atoms with E-state index in [0.717, 1.165) is 25.7 Å². The van der Waals surface area contributed by atoms with E-state index in [1.807, 2.05) is 0 Å². The monoisotopic (exact) mass is 438 g/mol. The third-order valence-electron chi connectivity index (χ3n) is 5.85. The van der Waals surface area contributed by atoms with Gasteiger partial charge in [-0.2, -0.15) is 4.31 Å². The number of ether oxygens (including phenoxy) is 2. The number of likely N-dealkylation sites (N-methyl/N-ethyl adjacent to an activating group) is 1. The summed E-state index contributed by atoms with van der Waals surface area (Å²) in [4.78, 5) is 26.6. The normalized spacial score (nSPS) is 18.7. The topological polar surface area (TPSA) is 93.2 Å². The van der Waals surface area contributed by atoms with Crippen molar-refractivity contribution in [2.24, 2.45) is 0 Å². The molecule has 1 aliphatic heterocycles. The van der Waals surface area contributed by atoms with Crippen molar-refractivity contribution in [1.29, 1.82) is 0 Å². The number of nitrogens with zero attached hydrogens (tertiary/aromatic N) is 2. The fourth-order valence-corrected chi connectivity index (χ4v) is 5.57. The second-order valence-corrected chi connectivity index (χ2v) is 9.78. The summed E-state index contributed by atoms with van der Waals surface area (Å²) >= 11 is 0. The number of sulfonamides is 1. The first kappa shape index (κ1) is 22.7. The Labute approximate surface area is 178 Å². The van der Waals surface area contributed by atoms with Gasteiger partial charge in [0.05, 0.1) is 23.7 Å². The molecule has 1 aromatic rings. The Kier molecular flexibility index (Phi) is 7.49. The molecule has 0 bridgehead atoms. The van der Waals surface area contributed by atoms with Gasteiger partial charge >= 0.3 is 5.97 Å². The lowest BCUT2D eigenvalue weighted by atomic mass is 9.94. The smallest absolute Gasteiger partial charge is 0.338 e. The summed E-state index contributed by atoms with van der Waals surface area (Å²) in [5.74, 6) is -0.956. The largest absolute Gasteiger partial charge is 0.452 e. The predicted octanol–water partition coefficient (Wildman–Crippen LogP) is 1.96. The second-order valence-electron chi connectivity index (χ2n) is 7.87. The molecule has 1 saturated carbocycles. The Bertz CT molecular complexity index is 873. The van der Waals surface area contributed by atoms with Gasteiger partial charge in [-0.3, -0.25) is 4.79 Å². The molecule has 0 atom stereocenters. The van der Waals surface area contributed by atoms with Crippen molar-refractivity contribution in [3.8, 4) is 0 Å². The van der Waals surface area contributed by atoms with Gasteiger partial charge < -0.3 is 14.4 Å². The van der Waals surface area contributed by atoms with Crippen LogP contribution in [-0.2, 0) is 24.3 Å². The van der Waals surface area contributed by atoms with E-state index in [9.17, 15) is 18.0 Å². The van der Waals surface area contributed by atoms with Crippen molar-refractivity contribution < 1.29 is 27.5 Å². The summed E-state index contributed by atoms with van der Waals surface area (Å²) in [7, 11) is -2.00. The Morgan fingerprint density at radius 3 is 2.50 bits per heavy atom. The molecule has 1 saturated heterocycles. The molecule has 3 rings (SSSR count). The van der Waals surface area contributed by atoms with Crippen LogP contribution in [0.1, 0.15) is 48.0 Å². The van der Waals surface area contributed by atoms with Crippen molar-refractivity contribution in [3.05, 3.63) is 29.3 Å².